The molecule has 3 fully saturated rings. The van der Waals surface area contributed by atoms with Crippen molar-refractivity contribution < 1.29 is 19.4 Å². The lowest BCUT2D eigenvalue weighted by Crippen LogP contribution is -2.53. The summed E-state index contributed by atoms with van der Waals surface area (Å²) in [4.78, 5) is 25.1. The molecule has 18 heavy (non-hydrogen) atoms. The predicted molar refractivity (Wildman–Crippen MR) is 62.9 cm³/mol. The third-order valence-electron chi connectivity index (χ3n) is 4.64. The summed E-state index contributed by atoms with van der Waals surface area (Å²) in [5, 5.41) is 9.14. The number of carboxylic acids is 1. The Balaban J connectivity index is 1.69. The van der Waals surface area contributed by atoms with Crippen molar-refractivity contribution in [3.63, 3.8) is 0 Å². The summed E-state index contributed by atoms with van der Waals surface area (Å²) in [6.07, 6.45) is 4.72. The SMILES string of the molecule is O=C(O)[C@H]1COCCN1C(=O)C1[C@H]2CCCC[C@@H]12. The van der Waals surface area contributed by atoms with Crippen molar-refractivity contribution in [3.8, 4) is 0 Å². The molecule has 0 aromatic rings. The molecular weight excluding hydrogens is 234 g/mol. The first-order chi connectivity index (χ1) is 8.70. The van der Waals surface area contributed by atoms with Gasteiger partial charge in [-0.3, -0.25) is 4.79 Å². The third-order valence-corrected chi connectivity index (χ3v) is 4.64. The molecule has 0 spiro atoms. The Labute approximate surface area is 106 Å². The van der Waals surface area contributed by atoms with Gasteiger partial charge in [-0.25, -0.2) is 4.79 Å². The van der Waals surface area contributed by atoms with Crippen molar-refractivity contribution in [2.45, 2.75) is 31.7 Å². The predicted octanol–water partition coefficient (Wildman–Crippen LogP) is 0.735. The van der Waals surface area contributed by atoms with E-state index >= 15 is 0 Å². The van der Waals surface area contributed by atoms with Crippen LogP contribution in [0.2, 0.25) is 0 Å². The molecule has 1 heterocycles. The quantitative estimate of drug-likeness (QED) is 0.788. The lowest BCUT2D eigenvalue weighted by atomic mass is 10.0. The second-order valence-electron chi connectivity index (χ2n) is 5.60. The number of amides is 1. The van der Waals surface area contributed by atoms with Crippen LogP contribution < -0.4 is 0 Å². The molecule has 1 N–H and O–H groups in total. The van der Waals surface area contributed by atoms with E-state index in [1.165, 1.54) is 17.7 Å². The lowest BCUT2D eigenvalue weighted by molar-refractivity contribution is -0.159. The number of aliphatic carboxylic acids is 1. The minimum Gasteiger partial charge on any atom is -0.480 e. The molecule has 5 heteroatoms. The highest BCUT2D eigenvalue weighted by molar-refractivity contribution is 5.87. The van der Waals surface area contributed by atoms with Crippen molar-refractivity contribution in [3.05, 3.63) is 0 Å². The van der Waals surface area contributed by atoms with Gasteiger partial charge < -0.3 is 14.7 Å². The Morgan fingerprint density at radius 3 is 2.44 bits per heavy atom. The standard InChI is InChI=1S/C13H19NO4/c15-12(11-8-3-1-2-4-9(8)11)14-5-6-18-7-10(14)13(16)17/h8-11H,1-7H2,(H,16,17)/t8-,9+,10-,11?/m1/s1. The van der Waals surface area contributed by atoms with E-state index < -0.39 is 12.0 Å². The van der Waals surface area contributed by atoms with Crippen LogP contribution >= 0.6 is 0 Å². The van der Waals surface area contributed by atoms with Crippen LogP contribution in [0.25, 0.3) is 0 Å². The Morgan fingerprint density at radius 2 is 1.83 bits per heavy atom. The van der Waals surface area contributed by atoms with Crippen molar-refractivity contribution in [1.29, 1.82) is 0 Å². The zero-order chi connectivity index (χ0) is 12.7. The highest BCUT2D eigenvalue weighted by atomic mass is 16.5. The van der Waals surface area contributed by atoms with E-state index in [4.69, 9.17) is 9.84 Å². The molecule has 4 atom stereocenters. The maximum Gasteiger partial charge on any atom is 0.328 e. The number of hydrogen-bond acceptors (Lipinski definition) is 3. The molecule has 0 bridgehead atoms. The van der Waals surface area contributed by atoms with Gasteiger partial charge in [-0.2, -0.15) is 0 Å². The molecule has 3 aliphatic rings. The minimum absolute atomic E-state index is 0.0580. The first-order valence-electron chi connectivity index (χ1n) is 6.81. The van der Waals surface area contributed by atoms with Gasteiger partial charge in [0, 0.05) is 12.5 Å². The average Bonchev–Trinajstić information content (AvgIpc) is 3.12. The molecule has 2 saturated carbocycles. The monoisotopic (exact) mass is 253 g/mol. The number of fused-ring (bicyclic) bond motifs is 1. The van der Waals surface area contributed by atoms with Crippen molar-refractivity contribution in [2.75, 3.05) is 19.8 Å². The van der Waals surface area contributed by atoms with E-state index in [-0.39, 0.29) is 18.4 Å². The second kappa shape index (κ2) is 4.53. The van der Waals surface area contributed by atoms with Crippen molar-refractivity contribution in [2.24, 2.45) is 17.8 Å². The highest BCUT2D eigenvalue weighted by Crippen LogP contribution is 2.56. The smallest absolute Gasteiger partial charge is 0.328 e. The molecule has 1 saturated heterocycles. The first-order valence-corrected chi connectivity index (χ1v) is 6.81. The summed E-state index contributed by atoms with van der Waals surface area (Å²) >= 11 is 0. The third kappa shape index (κ3) is 1.90. The van der Waals surface area contributed by atoms with Gasteiger partial charge in [0.2, 0.25) is 5.91 Å². The fourth-order valence-corrected chi connectivity index (χ4v) is 3.62. The number of rotatable bonds is 2. The molecule has 0 aromatic heterocycles. The first kappa shape index (κ1) is 12.0. The summed E-state index contributed by atoms with van der Waals surface area (Å²) in [6, 6.07) is -0.783. The van der Waals surface area contributed by atoms with Gasteiger partial charge in [0.15, 0.2) is 6.04 Å². The van der Waals surface area contributed by atoms with Crippen LogP contribution in [0.1, 0.15) is 25.7 Å². The van der Waals surface area contributed by atoms with Gasteiger partial charge in [-0.1, -0.05) is 12.8 Å². The maximum absolute atomic E-state index is 12.4. The van der Waals surface area contributed by atoms with Crippen LogP contribution in [-0.4, -0.2) is 47.7 Å². The van der Waals surface area contributed by atoms with E-state index in [0.29, 0.717) is 25.0 Å². The summed E-state index contributed by atoms with van der Waals surface area (Å²) in [6.45, 7) is 1.01. The van der Waals surface area contributed by atoms with E-state index in [1.807, 2.05) is 0 Å². The molecule has 100 valence electrons. The van der Waals surface area contributed by atoms with E-state index in [2.05, 4.69) is 0 Å². The number of carbonyl (C=O) groups excluding carboxylic acids is 1. The summed E-state index contributed by atoms with van der Waals surface area (Å²) in [5.41, 5.74) is 0. The number of nitrogens with zero attached hydrogens (tertiary/aromatic N) is 1. The van der Waals surface area contributed by atoms with E-state index in [9.17, 15) is 9.59 Å². The van der Waals surface area contributed by atoms with Crippen LogP contribution in [0.5, 0.6) is 0 Å². The average molecular weight is 253 g/mol. The molecule has 0 aromatic carbocycles. The van der Waals surface area contributed by atoms with Crippen molar-refractivity contribution in [1.82, 2.24) is 4.90 Å². The van der Waals surface area contributed by atoms with Gasteiger partial charge in [0.25, 0.3) is 0 Å². The van der Waals surface area contributed by atoms with Crippen LogP contribution in [0.4, 0.5) is 0 Å². The Hall–Kier alpha value is -1.10. The molecule has 1 unspecified atom stereocenters. The zero-order valence-electron chi connectivity index (χ0n) is 10.4. The van der Waals surface area contributed by atoms with Gasteiger partial charge in [-0.15, -0.1) is 0 Å². The number of carboxylic acid groups (broad SMARTS) is 1. The van der Waals surface area contributed by atoms with E-state index in [0.717, 1.165) is 12.8 Å². The Kier molecular flexibility index (Phi) is 3.01. The topological polar surface area (TPSA) is 66.8 Å². The fourth-order valence-electron chi connectivity index (χ4n) is 3.62. The van der Waals surface area contributed by atoms with Crippen LogP contribution in [0.15, 0.2) is 0 Å². The number of carbonyl (C=O) groups is 2. The van der Waals surface area contributed by atoms with Gasteiger partial charge in [-0.05, 0) is 24.7 Å². The molecule has 1 amide bonds. The summed E-state index contributed by atoms with van der Waals surface area (Å²) in [7, 11) is 0. The fraction of sp³-hybridized carbons (Fsp3) is 0.846. The molecule has 3 rings (SSSR count). The lowest BCUT2D eigenvalue weighted by Gasteiger charge is -2.33. The summed E-state index contributed by atoms with van der Waals surface area (Å²) < 4.78 is 5.17. The highest BCUT2D eigenvalue weighted by Gasteiger charge is 2.56. The maximum atomic E-state index is 12.4. The van der Waals surface area contributed by atoms with Crippen LogP contribution in [-0.2, 0) is 14.3 Å². The molecule has 2 aliphatic carbocycles. The Bertz CT molecular complexity index is 358. The molecule has 0 radical (unpaired) electrons. The molecule has 1 aliphatic heterocycles. The second-order valence-corrected chi connectivity index (χ2v) is 5.60. The summed E-state index contributed by atoms with van der Waals surface area (Å²) in [5.74, 6) is 0.272. The van der Waals surface area contributed by atoms with Gasteiger partial charge in [0.1, 0.15) is 0 Å². The van der Waals surface area contributed by atoms with Gasteiger partial charge >= 0.3 is 5.97 Å². The Morgan fingerprint density at radius 1 is 1.17 bits per heavy atom. The largest absolute Gasteiger partial charge is 0.480 e. The molecule has 5 nitrogen and oxygen atoms in total. The molecular formula is C13H19NO4. The number of hydrogen-bond donors (Lipinski definition) is 1. The normalized spacial score (nSPS) is 39.0. The van der Waals surface area contributed by atoms with E-state index in [1.54, 1.807) is 0 Å². The minimum atomic E-state index is -0.952. The number of ether oxygens (including phenoxy) is 1. The van der Waals surface area contributed by atoms with Crippen LogP contribution in [0, 0.1) is 17.8 Å². The zero-order valence-corrected chi connectivity index (χ0v) is 10.4. The van der Waals surface area contributed by atoms with Crippen LogP contribution in [0.3, 0.4) is 0 Å². The number of morpholine rings is 1. The van der Waals surface area contributed by atoms with Crippen molar-refractivity contribution >= 4 is 11.9 Å². The van der Waals surface area contributed by atoms with Gasteiger partial charge in [0.05, 0.1) is 13.2 Å².